The van der Waals surface area contributed by atoms with E-state index in [1.807, 2.05) is 0 Å². The Kier molecular flexibility index (Phi) is 12.5. The molecule has 0 aliphatic heterocycles. The predicted molar refractivity (Wildman–Crippen MR) is 106 cm³/mol. The average Bonchev–Trinajstić information content (AvgIpc) is 2.37. The van der Waals surface area contributed by atoms with Crippen LogP contribution in [0.3, 0.4) is 0 Å². The normalized spacial score (nSPS) is 13.4. The van der Waals surface area contributed by atoms with E-state index in [4.69, 9.17) is 9.79 Å². The van der Waals surface area contributed by atoms with Gasteiger partial charge in [-0.15, -0.1) is 0 Å². The molecule has 25 heavy (non-hydrogen) atoms. The summed E-state index contributed by atoms with van der Waals surface area (Å²) in [5, 5.41) is 0. The number of phosphoric ester groups is 1. The molecule has 5 heteroatoms. The summed E-state index contributed by atoms with van der Waals surface area (Å²) in [7, 11) is -4.29. The molecule has 0 atom stereocenters. The zero-order chi connectivity index (χ0) is 19.5. The van der Waals surface area contributed by atoms with E-state index in [1.54, 1.807) is 0 Å². The molecule has 0 saturated carbocycles. The lowest BCUT2D eigenvalue weighted by Gasteiger charge is -2.39. The van der Waals surface area contributed by atoms with E-state index in [9.17, 15) is 4.57 Å². The molecule has 0 amide bonds. The van der Waals surface area contributed by atoms with Gasteiger partial charge >= 0.3 is 7.82 Å². The van der Waals surface area contributed by atoms with Gasteiger partial charge in [0.05, 0.1) is 6.61 Å². The van der Waals surface area contributed by atoms with Gasteiger partial charge in [0.1, 0.15) is 0 Å². The minimum Gasteiger partial charge on any atom is -0.303 e. The maximum atomic E-state index is 10.6. The highest BCUT2D eigenvalue weighted by atomic mass is 31.2. The van der Waals surface area contributed by atoms with Crippen molar-refractivity contribution in [3.05, 3.63) is 0 Å². The standard InChI is InChI=1S/C20H43O4P/c1-17(2)14-20(15-18(3)4,16-19(5)6)12-10-8-7-9-11-13-24-25(21,22)23/h17-19H,7-16H2,1-6H3,(H2,21,22,23). The topological polar surface area (TPSA) is 66.8 Å². The molecule has 0 aliphatic carbocycles. The fraction of sp³-hybridized carbons (Fsp3) is 1.00. The van der Waals surface area contributed by atoms with Crippen LogP contribution in [-0.4, -0.2) is 16.4 Å². The first-order chi connectivity index (χ1) is 11.5. The summed E-state index contributed by atoms with van der Waals surface area (Å²) in [4.78, 5) is 17.3. The van der Waals surface area contributed by atoms with Gasteiger partial charge in [0, 0.05) is 0 Å². The van der Waals surface area contributed by atoms with Crippen LogP contribution in [0.25, 0.3) is 0 Å². The molecule has 0 spiro atoms. The van der Waals surface area contributed by atoms with Gasteiger partial charge in [-0.25, -0.2) is 4.57 Å². The molecule has 0 rings (SSSR count). The molecular weight excluding hydrogens is 335 g/mol. The molecule has 152 valence electrons. The van der Waals surface area contributed by atoms with E-state index in [0.29, 0.717) is 5.41 Å². The number of phosphoric acid groups is 1. The van der Waals surface area contributed by atoms with Crippen molar-refractivity contribution in [3.8, 4) is 0 Å². The van der Waals surface area contributed by atoms with E-state index in [1.165, 1.54) is 38.5 Å². The Balaban J connectivity index is 4.30. The first-order valence-electron chi connectivity index (χ1n) is 10.2. The Labute approximate surface area is 156 Å². The Morgan fingerprint density at radius 1 is 0.760 bits per heavy atom. The fourth-order valence-corrected chi connectivity index (χ4v) is 4.84. The molecule has 4 nitrogen and oxygen atoms in total. The van der Waals surface area contributed by atoms with Crippen LogP contribution in [0.4, 0.5) is 0 Å². The quantitative estimate of drug-likeness (QED) is 0.250. The van der Waals surface area contributed by atoms with Crippen LogP contribution in [0.2, 0.25) is 0 Å². The zero-order valence-corrected chi connectivity index (χ0v) is 18.4. The van der Waals surface area contributed by atoms with E-state index in [2.05, 4.69) is 46.1 Å². The summed E-state index contributed by atoms with van der Waals surface area (Å²) >= 11 is 0. The van der Waals surface area contributed by atoms with Gasteiger partial charge in [0.25, 0.3) is 0 Å². The van der Waals surface area contributed by atoms with Crippen LogP contribution >= 0.6 is 7.82 Å². The minimum atomic E-state index is -4.29. The smallest absolute Gasteiger partial charge is 0.303 e. The molecule has 0 saturated heterocycles. The van der Waals surface area contributed by atoms with Crippen molar-refractivity contribution in [2.75, 3.05) is 6.61 Å². The fourth-order valence-electron chi connectivity index (χ4n) is 4.47. The highest BCUT2D eigenvalue weighted by Crippen LogP contribution is 2.44. The Morgan fingerprint density at radius 2 is 1.16 bits per heavy atom. The van der Waals surface area contributed by atoms with E-state index >= 15 is 0 Å². The third-order valence-corrected chi connectivity index (χ3v) is 5.15. The first-order valence-corrected chi connectivity index (χ1v) is 11.7. The largest absolute Gasteiger partial charge is 0.469 e. The molecule has 0 unspecified atom stereocenters. The van der Waals surface area contributed by atoms with Crippen LogP contribution < -0.4 is 0 Å². The summed E-state index contributed by atoms with van der Waals surface area (Å²) in [5.41, 5.74) is 0.472. The molecule has 0 fully saturated rings. The van der Waals surface area contributed by atoms with E-state index in [-0.39, 0.29) is 6.61 Å². The van der Waals surface area contributed by atoms with Crippen LogP contribution in [0.15, 0.2) is 0 Å². The van der Waals surface area contributed by atoms with Crippen LogP contribution in [0.1, 0.15) is 99.3 Å². The SMILES string of the molecule is CC(C)CC(CCCCCCCOP(=O)(O)O)(CC(C)C)CC(C)C. The minimum absolute atomic E-state index is 0.155. The molecule has 0 radical (unpaired) electrons. The van der Waals surface area contributed by atoms with Gasteiger partial charge < -0.3 is 9.79 Å². The van der Waals surface area contributed by atoms with Gasteiger partial charge in [-0.1, -0.05) is 67.2 Å². The second-order valence-electron chi connectivity index (χ2n) is 9.14. The Bertz CT molecular complexity index is 347. The molecule has 0 aromatic rings. The van der Waals surface area contributed by atoms with Crippen molar-refractivity contribution in [1.82, 2.24) is 0 Å². The number of hydrogen-bond donors (Lipinski definition) is 2. The summed E-state index contributed by atoms with van der Waals surface area (Å²) in [6.45, 7) is 14.2. The maximum absolute atomic E-state index is 10.6. The lowest BCUT2D eigenvalue weighted by atomic mass is 9.67. The molecule has 0 aromatic heterocycles. The summed E-state index contributed by atoms with van der Waals surface area (Å²) in [5.74, 6) is 2.21. The van der Waals surface area contributed by atoms with Gasteiger partial charge in [-0.2, -0.15) is 0 Å². The maximum Gasteiger partial charge on any atom is 0.469 e. The monoisotopic (exact) mass is 378 g/mol. The highest BCUT2D eigenvalue weighted by molar-refractivity contribution is 7.46. The number of rotatable bonds is 15. The van der Waals surface area contributed by atoms with Crippen molar-refractivity contribution < 1.29 is 18.9 Å². The van der Waals surface area contributed by atoms with Crippen molar-refractivity contribution in [2.24, 2.45) is 23.2 Å². The Hall–Kier alpha value is 0.110. The highest BCUT2D eigenvalue weighted by Gasteiger charge is 2.31. The average molecular weight is 379 g/mol. The third-order valence-electron chi connectivity index (χ3n) is 4.63. The van der Waals surface area contributed by atoms with Crippen LogP contribution in [0, 0.1) is 23.2 Å². The molecule has 0 aromatic carbocycles. The summed E-state index contributed by atoms with van der Waals surface area (Å²) < 4.78 is 15.1. The van der Waals surface area contributed by atoms with Crippen molar-refractivity contribution in [2.45, 2.75) is 99.3 Å². The second kappa shape index (κ2) is 12.5. The molecule has 2 N–H and O–H groups in total. The third kappa shape index (κ3) is 14.9. The molecule has 0 bridgehead atoms. The van der Waals surface area contributed by atoms with Gasteiger partial charge in [-0.3, -0.25) is 4.52 Å². The summed E-state index contributed by atoms with van der Waals surface area (Å²) in [6, 6.07) is 0. The molecule has 0 aliphatic rings. The zero-order valence-electron chi connectivity index (χ0n) is 17.5. The summed E-state index contributed by atoms with van der Waals surface area (Å²) in [6.07, 6.45) is 10.5. The number of hydrogen-bond acceptors (Lipinski definition) is 2. The van der Waals surface area contributed by atoms with E-state index in [0.717, 1.165) is 37.0 Å². The molecular formula is C20H43O4P. The van der Waals surface area contributed by atoms with Gasteiger partial charge in [0.2, 0.25) is 0 Å². The second-order valence-corrected chi connectivity index (χ2v) is 10.4. The lowest BCUT2D eigenvalue weighted by molar-refractivity contribution is 0.124. The van der Waals surface area contributed by atoms with Crippen molar-refractivity contribution in [1.29, 1.82) is 0 Å². The first kappa shape index (κ1) is 25.1. The Morgan fingerprint density at radius 3 is 1.56 bits per heavy atom. The van der Waals surface area contributed by atoms with Crippen LogP contribution in [-0.2, 0) is 9.09 Å². The number of unbranched alkanes of at least 4 members (excludes halogenated alkanes) is 4. The van der Waals surface area contributed by atoms with Crippen molar-refractivity contribution >= 4 is 7.82 Å². The molecule has 0 heterocycles. The van der Waals surface area contributed by atoms with Crippen LogP contribution in [0.5, 0.6) is 0 Å². The van der Waals surface area contributed by atoms with E-state index < -0.39 is 7.82 Å². The van der Waals surface area contributed by atoms with Crippen molar-refractivity contribution in [3.63, 3.8) is 0 Å². The lowest BCUT2D eigenvalue weighted by Crippen LogP contribution is -2.27. The predicted octanol–water partition coefficient (Wildman–Crippen LogP) is 6.56. The van der Waals surface area contributed by atoms with Gasteiger partial charge in [-0.05, 0) is 55.3 Å². The van der Waals surface area contributed by atoms with Gasteiger partial charge in [0.15, 0.2) is 0 Å².